The molecule has 0 radical (unpaired) electrons. The van der Waals surface area contributed by atoms with Crippen molar-refractivity contribution in [1.29, 1.82) is 0 Å². The first-order valence-electron chi connectivity index (χ1n) is 6.78. The molecule has 1 aliphatic rings. The number of rotatable bonds is 4. The van der Waals surface area contributed by atoms with Crippen LogP contribution in [0.15, 0.2) is 24.3 Å². The van der Waals surface area contributed by atoms with Crippen molar-refractivity contribution in [2.45, 2.75) is 25.6 Å². The Kier molecular flexibility index (Phi) is 3.68. The zero-order valence-electron chi connectivity index (χ0n) is 11.4. The number of benzene rings is 1. The van der Waals surface area contributed by atoms with Gasteiger partial charge in [0.2, 0.25) is 5.91 Å². The van der Waals surface area contributed by atoms with Gasteiger partial charge >= 0.3 is 0 Å². The van der Waals surface area contributed by atoms with Crippen LogP contribution >= 0.6 is 0 Å². The molecule has 0 saturated carbocycles. The molecule has 0 spiro atoms. The Hall–Kier alpha value is -2.25. The van der Waals surface area contributed by atoms with Crippen LogP contribution < -0.4 is 5.73 Å². The van der Waals surface area contributed by atoms with Crippen molar-refractivity contribution < 1.29 is 14.6 Å². The number of ether oxygens (including phenoxy) is 1. The van der Waals surface area contributed by atoms with Crippen LogP contribution in [0.4, 0.5) is 0 Å². The van der Waals surface area contributed by atoms with Crippen LogP contribution in [-0.4, -0.2) is 32.6 Å². The Morgan fingerprint density at radius 3 is 2.76 bits per heavy atom. The van der Waals surface area contributed by atoms with Crippen LogP contribution in [0, 0.1) is 0 Å². The summed E-state index contributed by atoms with van der Waals surface area (Å²) in [4.78, 5) is 11.1. The van der Waals surface area contributed by atoms with Gasteiger partial charge in [-0.1, -0.05) is 5.21 Å². The van der Waals surface area contributed by atoms with Gasteiger partial charge in [0, 0.05) is 12.2 Å². The fourth-order valence-corrected chi connectivity index (χ4v) is 2.51. The molecule has 1 aromatic heterocycles. The van der Waals surface area contributed by atoms with Crippen molar-refractivity contribution in [3.8, 4) is 5.69 Å². The van der Waals surface area contributed by atoms with E-state index in [0.29, 0.717) is 17.9 Å². The summed E-state index contributed by atoms with van der Waals surface area (Å²) in [6.45, 7) is 0.510. The van der Waals surface area contributed by atoms with E-state index in [1.165, 1.54) is 0 Å². The highest BCUT2D eigenvalue weighted by Gasteiger charge is 2.26. The van der Waals surface area contributed by atoms with E-state index in [-0.39, 0.29) is 12.7 Å². The number of amides is 1. The molecule has 1 amide bonds. The average Bonchev–Trinajstić information content (AvgIpc) is 3.15. The van der Waals surface area contributed by atoms with Crippen LogP contribution in [0.25, 0.3) is 5.69 Å². The molecular weight excluding hydrogens is 272 g/mol. The Bertz CT molecular complexity index is 645. The maximum atomic E-state index is 11.1. The van der Waals surface area contributed by atoms with E-state index in [9.17, 15) is 9.90 Å². The van der Waals surface area contributed by atoms with Crippen LogP contribution in [0.2, 0.25) is 0 Å². The summed E-state index contributed by atoms with van der Waals surface area (Å²) in [7, 11) is 0. The van der Waals surface area contributed by atoms with Crippen LogP contribution in [0.1, 0.15) is 40.7 Å². The molecule has 1 saturated heterocycles. The first kappa shape index (κ1) is 13.7. The first-order valence-corrected chi connectivity index (χ1v) is 6.78. The highest BCUT2D eigenvalue weighted by molar-refractivity contribution is 5.92. The number of aliphatic hydroxyl groups is 1. The molecule has 1 aromatic carbocycles. The number of carbonyl (C=O) groups excluding carboxylic acids is 1. The monoisotopic (exact) mass is 288 g/mol. The fourth-order valence-electron chi connectivity index (χ4n) is 2.51. The standard InChI is InChI=1S/C14H16N4O3/c15-14(20)9-3-5-10(6-4-9)18-13(11(8-19)16-17-18)12-2-1-7-21-12/h3-6,12,19H,1-2,7-8H2,(H2,15,20). The van der Waals surface area contributed by atoms with Crippen molar-refractivity contribution in [2.24, 2.45) is 5.73 Å². The van der Waals surface area contributed by atoms with Crippen molar-refractivity contribution in [3.63, 3.8) is 0 Å². The lowest BCUT2D eigenvalue weighted by Crippen LogP contribution is -2.12. The third-order valence-electron chi connectivity index (χ3n) is 3.56. The van der Waals surface area contributed by atoms with Gasteiger partial charge < -0.3 is 15.6 Å². The highest BCUT2D eigenvalue weighted by Crippen LogP contribution is 2.31. The molecule has 1 fully saturated rings. The lowest BCUT2D eigenvalue weighted by atomic mass is 10.1. The van der Waals surface area contributed by atoms with Gasteiger partial charge in [-0.3, -0.25) is 4.79 Å². The van der Waals surface area contributed by atoms with E-state index in [2.05, 4.69) is 10.3 Å². The number of nitrogens with two attached hydrogens (primary N) is 1. The third kappa shape index (κ3) is 2.53. The van der Waals surface area contributed by atoms with E-state index in [1.807, 2.05) is 0 Å². The number of carbonyl (C=O) groups is 1. The fraction of sp³-hybridized carbons (Fsp3) is 0.357. The number of aromatic nitrogens is 3. The quantitative estimate of drug-likeness (QED) is 0.862. The summed E-state index contributed by atoms with van der Waals surface area (Å²) in [6.07, 6.45) is 1.74. The van der Waals surface area contributed by atoms with Crippen LogP contribution in [0.5, 0.6) is 0 Å². The summed E-state index contributed by atoms with van der Waals surface area (Å²) in [5.41, 5.74) is 7.69. The molecule has 21 heavy (non-hydrogen) atoms. The molecule has 110 valence electrons. The van der Waals surface area contributed by atoms with E-state index in [1.54, 1.807) is 28.9 Å². The number of aliphatic hydroxyl groups excluding tert-OH is 1. The zero-order valence-corrected chi connectivity index (χ0v) is 11.4. The maximum absolute atomic E-state index is 11.1. The van der Waals surface area contributed by atoms with Gasteiger partial charge in [-0.05, 0) is 37.1 Å². The van der Waals surface area contributed by atoms with E-state index >= 15 is 0 Å². The Balaban J connectivity index is 2.01. The second kappa shape index (κ2) is 5.63. The predicted octanol–water partition coefficient (Wildman–Crippen LogP) is 0.710. The minimum atomic E-state index is -0.476. The number of hydrogen-bond acceptors (Lipinski definition) is 5. The Morgan fingerprint density at radius 2 is 2.19 bits per heavy atom. The van der Waals surface area contributed by atoms with Gasteiger partial charge in [0.05, 0.1) is 18.0 Å². The maximum Gasteiger partial charge on any atom is 0.248 e. The second-order valence-electron chi connectivity index (χ2n) is 4.90. The highest BCUT2D eigenvalue weighted by atomic mass is 16.5. The smallest absolute Gasteiger partial charge is 0.248 e. The SMILES string of the molecule is NC(=O)c1ccc(-n2nnc(CO)c2C2CCCO2)cc1. The van der Waals surface area contributed by atoms with Crippen LogP contribution in [0.3, 0.4) is 0 Å². The first-order chi connectivity index (χ1) is 10.2. The molecule has 2 heterocycles. The van der Waals surface area contributed by atoms with Crippen molar-refractivity contribution in [3.05, 3.63) is 41.2 Å². The van der Waals surface area contributed by atoms with Crippen molar-refractivity contribution >= 4 is 5.91 Å². The Morgan fingerprint density at radius 1 is 1.43 bits per heavy atom. The molecule has 7 heteroatoms. The van der Waals surface area contributed by atoms with Gasteiger partial charge in [-0.2, -0.15) is 0 Å². The molecule has 0 aliphatic carbocycles. The molecule has 2 aromatic rings. The number of nitrogens with zero attached hydrogens (tertiary/aromatic N) is 3. The molecule has 7 nitrogen and oxygen atoms in total. The molecule has 1 atom stereocenters. The van der Waals surface area contributed by atoms with Gasteiger partial charge in [-0.25, -0.2) is 4.68 Å². The summed E-state index contributed by atoms with van der Waals surface area (Å²) in [5, 5.41) is 17.5. The number of hydrogen-bond donors (Lipinski definition) is 2. The number of primary amides is 1. The lowest BCUT2D eigenvalue weighted by Gasteiger charge is -2.13. The van der Waals surface area contributed by atoms with E-state index in [0.717, 1.165) is 24.2 Å². The second-order valence-corrected chi connectivity index (χ2v) is 4.90. The molecule has 1 unspecified atom stereocenters. The molecule has 0 bridgehead atoms. The van der Waals surface area contributed by atoms with Crippen molar-refractivity contribution in [2.75, 3.05) is 6.61 Å². The van der Waals surface area contributed by atoms with Crippen molar-refractivity contribution in [1.82, 2.24) is 15.0 Å². The minimum Gasteiger partial charge on any atom is -0.390 e. The zero-order chi connectivity index (χ0) is 14.8. The Labute approximate surface area is 121 Å². The summed E-state index contributed by atoms with van der Waals surface area (Å²) < 4.78 is 7.32. The topological polar surface area (TPSA) is 103 Å². The van der Waals surface area contributed by atoms with Crippen LogP contribution in [-0.2, 0) is 11.3 Å². The van der Waals surface area contributed by atoms with E-state index < -0.39 is 5.91 Å². The largest absolute Gasteiger partial charge is 0.390 e. The summed E-state index contributed by atoms with van der Waals surface area (Å²) in [5.74, 6) is -0.476. The third-order valence-corrected chi connectivity index (χ3v) is 3.56. The molecule has 3 rings (SSSR count). The summed E-state index contributed by atoms with van der Waals surface area (Å²) in [6, 6.07) is 6.76. The predicted molar refractivity (Wildman–Crippen MR) is 73.7 cm³/mol. The summed E-state index contributed by atoms with van der Waals surface area (Å²) >= 11 is 0. The van der Waals surface area contributed by atoms with Gasteiger partial charge in [-0.15, -0.1) is 5.10 Å². The minimum absolute atomic E-state index is 0.113. The molecule has 1 aliphatic heterocycles. The van der Waals surface area contributed by atoms with E-state index in [4.69, 9.17) is 10.5 Å². The molecule has 3 N–H and O–H groups in total. The average molecular weight is 288 g/mol. The van der Waals surface area contributed by atoms with Gasteiger partial charge in [0.25, 0.3) is 0 Å². The van der Waals surface area contributed by atoms with Gasteiger partial charge in [0.1, 0.15) is 11.8 Å². The normalized spacial score (nSPS) is 18.0. The lowest BCUT2D eigenvalue weighted by molar-refractivity contribution is 0.1000. The van der Waals surface area contributed by atoms with Gasteiger partial charge in [0.15, 0.2) is 0 Å². The molecular formula is C14H16N4O3.